The quantitative estimate of drug-likeness (QED) is 0.594. The highest BCUT2D eigenvalue weighted by atomic mass is 32.2. The number of thioether (sulfide) groups is 1. The van der Waals surface area contributed by atoms with Gasteiger partial charge in [-0.3, -0.25) is 10.1 Å². The molecule has 0 saturated heterocycles. The average molecular weight is 285 g/mol. The zero-order valence-electron chi connectivity index (χ0n) is 12.2. The van der Waals surface area contributed by atoms with E-state index < -0.39 is 5.54 Å². The molecule has 1 rings (SSSR count). The number of carbonyl (C=O) groups excluding carboxylic acids is 1. The Kier molecular flexibility index (Phi) is 5.87. The van der Waals surface area contributed by atoms with Gasteiger partial charge < -0.3 is 9.72 Å². The van der Waals surface area contributed by atoms with Crippen LogP contribution in [-0.4, -0.2) is 39.9 Å². The van der Waals surface area contributed by atoms with Crippen molar-refractivity contribution in [2.75, 3.05) is 7.11 Å². The second kappa shape index (κ2) is 6.96. The van der Waals surface area contributed by atoms with Crippen LogP contribution in [-0.2, 0) is 9.53 Å². The van der Waals surface area contributed by atoms with E-state index in [-0.39, 0.29) is 17.3 Å². The molecule has 0 amide bonds. The minimum Gasteiger partial charge on any atom is -0.468 e. The van der Waals surface area contributed by atoms with Gasteiger partial charge in [0.25, 0.3) is 0 Å². The van der Waals surface area contributed by atoms with Crippen molar-refractivity contribution < 1.29 is 9.53 Å². The van der Waals surface area contributed by atoms with E-state index in [2.05, 4.69) is 22.2 Å². The predicted molar refractivity (Wildman–Crippen MR) is 77.2 cm³/mol. The Hall–Kier alpha value is -1.01. The van der Waals surface area contributed by atoms with Crippen LogP contribution in [0.2, 0.25) is 0 Å². The zero-order valence-corrected chi connectivity index (χ0v) is 13.0. The fraction of sp³-hybridized carbons (Fsp3) is 0.692. The van der Waals surface area contributed by atoms with Crippen LogP contribution in [0.1, 0.15) is 34.1 Å². The number of rotatable bonds is 7. The maximum Gasteiger partial charge on any atom is 0.325 e. The minimum absolute atomic E-state index is 0.213. The third kappa shape index (κ3) is 4.87. The summed E-state index contributed by atoms with van der Waals surface area (Å²) in [7, 11) is 1.42. The number of carbonyl (C=O) groups is 1. The first-order valence-corrected chi connectivity index (χ1v) is 7.27. The van der Waals surface area contributed by atoms with Gasteiger partial charge in [0.05, 0.1) is 7.11 Å². The zero-order chi connectivity index (χ0) is 14.5. The third-order valence-corrected chi connectivity index (χ3v) is 3.74. The highest BCUT2D eigenvalue weighted by Crippen LogP contribution is 2.27. The summed E-state index contributed by atoms with van der Waals surface area (Å²) in [5.74, 6) is -0.229. The highest BCUT2D eigenvalue weighted by molar-refractivity contribution is 7.99. The van der Waals surface area contributed by atoms with Gasteiger partial charge in [0.1, 0.15) is 5.54 Å². The highest BCUT2D eigenvalue weighted by Gasteiger charge is 2.36. The van der Waals surface area contributed by atoms with Crippen molar-refractivity contribution in [2.45, 2.75) is 56.1 Å². The molecule has 1 heterocycles. The Bertz CT molecular complexity index is 395. The molecule has 0 radical (unpaired) electrons. The number of ether oxygens (including phenoxy) is 1. The maximum absolute atomic E-state index is 12.0. The lowest BCUT2D eigenvalue weighted by Gasteiger charge is -2.32. The van der Waals surface area contributed by atoms with Gasteiger partial charge in [-0.25, -0.2) is 4.98 Å². The molecular formula is C13H23N3O2S. The molecule has 2 atom stereocenters. The molecule has 0 bridgehead atoms. The van der Waals surface area contributed by atoms with E-state index in [1.54, 1.807) is 24.2 Å². The van der Waals surface area contributed by atoms with Crippen LogP contribution in [0.25, 0.3) is 0 Å². The molecule has 1 aromatic heterocycles. The standard InChI is InChI=1S/C13H23N3O2S/c1-9(2)16-13(4,11(17)18-5)8-10(3)19-12-14-6-7-15-12/h6-7,9-10,16H,8H2,1-5H3,(H,14,15). The van der Waals surface area contributed by atoms with Gasteiger partial charge in [0.2, 0.25) is 0 Å². The molecule has 5 nitrogen and oxygen atoms in total. The largest absolute Gasteiger partial charge is 0.468 e. The maximum atomic E-state index is 12.0. The van der Waals surface area contributed by atoms with E-state index in [9.17, 15) is 4.79 Å². The molecule has 0 aromatic carbocycles. The molecular weight excluding hydrogens is 262 g/mol. The van der Waals surface area contributed by atoms with Gasteiger partial charge in [0.15, 0.2) is 5.16 Å². The van der Waals surface area contributed by atoms with E-state index >= 15 is 0 Å². The average Bonchev–Trinajstić information content (AvgIpc) is 2.78. The van der Waals surface area contributed by atoms with Gasteiger partial charge in [-0.15, -0.1) is 0 Å². The summed E-state index contributed by atoms with van der Waals surface area (Å²) in [6, 6.07) is 0.213. The molecule has 19 heavy (non-hydrogen) atoms. The van der Waals surface area contributed by atoms with Crippen molar-refractivity contribution in [1.29, 1.82) is 0 Å². The summed E-state index contributed by atoms with van der Waals surface area (Å²) < 4.78 is 4.92. The van der Waals surface area contributed by atoms with Crippen molar-refractivity contribution >= 4 is 17.7 Å². The molecule has 0 aliphatic carbocycles. The van der Waals surface area contributed by atoms with Crippen LogP contribution in [0, 0.1) is 0 Å². The molecule has 0 saturated carbocycles. The summed E-state index contributed by atoms with van der Waals surface area (Å²) in [4.78, 5) is 19.2. The number of esters is 1. The molecule has 0 spiro atoms. The normalized spacial score (nSPS) is 16.1. The van der Waals surface area contributed by atoms with Gasteiger partial charge in [-0.05, 0) is 27.2 Å². The number of aromatic amines is 1. The molecule has 2 unspecified atom stereocenters. The van der Waals surface area contributed by atoms with E-state index in [1.807, 2.05) is 20.8 Å². The fourth-order valence-corrected chi connectivity index (χ4v) is 3.24. The molecule has 0 fully saturated rings. The van der Waals surface area contributed by atoms with Crippen molar-refractivity contribution in [3.8, 4) is 0 Å². The van der Waals surface area contributed by atoms with E-state index in [0.717, 1.165) is 5.16 Å². The van der Waals surface area contributed by atoms with Crippen molar-refractivity contribution in [3.63, 3.8) is 0 Å². The Morgan fingerprint density at radius 1 is 1.58 bits per heavy atom. The predicted octanol–water partition coefficient (Wildman–Crippen LogP) is 2.21. The van der Waals surface area contributed by atoms with Crippen LogP contribution < -0.4 is 5.32 Å². The topological polar surface area (TPSA) is 67.0 Å². The lowest BCUT2D eigenvalue weighted by molar-refractivity contribution is -0.148. The summed E-state index contributed by atoms with van der Waals surface area (Å²) in [5, 5.41) is 4.40. The number of hydrogen-bond acceptors (Lipinski definition) is 5. The molecule has 6 heteroatoms. The Morgan fingerprint density at radius 2 is 2.26 bits per heavy atom. The first kappa shape index (κ1) is 16.0. The number of nitrogens with one attached hydrogen (secondary N) is 2. The van der Waals surface area contributed by atoms with Gasteiger partial charge >= 0.3 is 5.97 Å². The van der Waals surface area contributed by atoms with Gasteiger partial charge in [-0.2, -0.15) is 0 Å². The van der Waals surface area contributed by atoms with E-state index in [1.165, 1.54) is 7.11 Å². The SMILES string of the molecule is COC(=O)C(C)(CC(C)Sc1ncc[nH]1)NC(C)C. The second-order valence-corrected chi connectivity index (χ2v) is 6.58. The third-order valence-electron chi connectivity index (χ3n) is 2.72. The molecule has 0 aliphatic rings. The number of nitrogens with zero attached hydrogens (tertiary/aromatic N) is 1. The number of methoxy groups -OCH3 is 1. The van der Waals surface area contributed by atoms with Gasteiger partial charge in [-0.1, -0.05) is 18.7 Å². The minimum atomic E-state index is -0.679. The van der Waals surface area contributed by atoms with Crippen LogP contribution in [0.5, 0.6) is 0 Å². The van der Waals surface area contributed by atoms with Crippen molar-refractivity contribution in [2.24, 2.45) is 0 Å². The van der Waals surface area contributed by atoms with Crippen LogP contribution in [0.15, 0.2) is 17.6 Å². The number of aromatic nitrogens is 2. The summed E-state index contributed by atoms with van der Waals surface area (Å²) in [5.41, 5.74) is -0.679. The van der Waals surface area contributed by atoms with Crippen LogP contribution in [0.3, 0.4) is 0 Å². The Balaban J connectivity index is 2.68. The van der Waals surface area contributed by atoms with Crippen molar-refractivity contribution in [3.05, 3.63) is 12.4 Å². The van der Waals surface area contributed by atoms with E-state index in [0.29, 0.717) is 6.42 Å². The summed E-state index contributed by atoms with van der Waals surface area (Å²) in [6.45, 7) is 8.01. The first-order valence-electron chi connectivity index (χ1n) is 6.39. The smallest absolute Gasteiger partial charge is 0.325 e. The molecule has 2 N–H and O–H groups in total. The molecule has 1 aromatic rings. The Labute approximate surface area is 118 Å². The number of hydrogen-bond donors (Lipinski definition) is 2. The lowest BCUT2D eigenvalue weighted by Crippen LogP contribution is -2.54. The molecule has 108 valence electrons. The Morgan fingerprint density at radius 3 is 2.74 bits per heavy atom. The summed E-state index contributed by atoms with van der Waals surface area (Å²) in [6.07, 6.45) is 4.19. The van der Waals surface area contributed by atoms with Crippen LogP contribution in [0.4, 0.5) is 0 Å². The monoisotopic (exact) mass is 285 g/mol. The first-order chi connectivity index (χ1) is 8.87. The number of imidazole rings is 1. The second-order valence-electron chi connectivity index (χ2n) is 5.15. The molecule has 0 aliphatic heterocycles. The van der Waals surface area contributed by atoms with E-state index in [4.69, 9.17) is 4.74 Å². The number of H-pyrrole nitrogens is 1. The lowest BCUT2D eigenvalue weighted by atomic mass is 9.95. The summed E-state index contributed by atoms with van der Waals surface area (Å²) >= 11 is 1.62. The van der Waals surface area contributed by atoms with Crippen LogP contribution >= 0.6 is 11.8 Å². The van der Waals surface area contributed by atoms with Gasteiger partial charge in [0, 0.05) is 23.7 Å². The van der Waals surface area contributed by atoms with Crippen molar-refractivity contribution in [1.82, 2.24) is 15.3 Å². The fourth-order valence-electron chi connectivity index (χ4n) is 2.19.